The lowest BCUT2D eigenvalue weighted by atomic mass is 9.81. The molecule has 0 amide bonds. The summed E-state index contributed by atoms with van der Waals surface area (Å²) in [4.78, 5) is -0.0398. The van der Waals surface area contributed by atoms with Crippen molar-refractivity contribution in [2.75, 3.05) is 6.26 Å². The van der Waals surface area contributed by atoms with Gasteiger partial charge in [-0.2, -0.15) is 0 Å². The highest BCUT2D eigenvalue weighted by Crippen LogP contribution is 2.35. The van der Waals surface area contributed by atoms with Crippen molar-refractivity contribution in [2.45, 2.75) is 44.0 Å². The van der Waals surface area contributed by atoms with Gasteiger partial charge in [0.1, 0.15) is 10.6 Å². The monoisotopic (exact) mass is 307 g/mol. The molecule has 110 valence electrons. The van der Waals surface area contributed by atoms with Crippen molar-refractivity contribution in [3.8, 4) is 5.75 Å². The number of sulfone groups is 1. The molecule has 0 heterocycles. The Labute approximate surface area is 121 Å². The summed E-state index contributed by atoms with van der Waals surface area (Å²) in [6, 6.07) is 3.33. The van der Waals surface area contributed by atoms with E-state index in [0.717, 1.165) is 18.2 Å². The Morgan fingerprint density at radius 1 is 1.32 bits per heavy atom. The minimum atomic E-state index is -3.46. The summed E-state index contributed by atoms with van der Waals surface area (Å²) in [7, 11) is -3.46. The Morgan fingerprint density at radius 2 is 1.84 bits per heavy atom. The largest absolute Gasteiger partial charge is 0.506 e. The van der Waals surface area contributed by atoms with Crippen molar-refractivity contribution in [3.05, 3.63) is 23.3 Å². The zero-order valence-electron chi connectivity index (χ0n) is 11.7. The van der Waals surface area contributed by atoms with Crippen LogP contribution in [0.3, 0.4) is 0 Å². The number of aromatic hydroxyl groups is 1. The van der Waals surface area contributed by atoms with E-state index in [1.54, 1.807) is 12.1 Å². The van der Waals surface area contributed by atoms with Crippen molar-refractivity contribution >= 4 is 22.2 Å². The third-order valence-corrected chi connectivity index (χ3v) is 4.55. The van der Waals surface area contributed by atoms with Crippen LogP contribution in [0.5, 0.6) is 5.75 Å². The molecule has 6 heteroatoms. The van der Waals surface area contributed by atoms with Gasteiger partial charge in [-0.05, 0) is 23.5 Å². The average molecular weight is 308 g/mol. The molecule has 0 saturated heterocycles. The van der Waals surface area contributed by atoms with Crippen molar-refractivity contribution in [3.63, 3.8) is 0 Å². The maximum Gasteiger partial charge on any atom is 0.179 e. The lowest BCUT2D eigenvalue weighted by Crippen LogP contribution is -2.17. The molecule has 3 N–H and O–H groups in total. The van der Waals surface area contributed by atoms with Gasteiger partial charge in [0, 0.05) is 18.4 Å². The molecule has 0 bridgehead atoms. The Morgan fingerprint density at radius 3 is 2.21 bits per heavy atom. The summed E-state index contributed by atoms with van der Waals surface area (Å²) in [5, 5.41) is 9.93. The van der Waals surface area contributed by atoms with E-state index in [2.05, 4.69) is 0 Å². The molecule has 0 aliphatic heterocycles. The average Bonchev–Trinajstić information content (AvgIpc) is 2.27. The third-order valence-electron chi connectivity index (χ3n) is 3.44. The minimum Gasteiger partial charge on any atom is -0.506 e. The minimum absolute atomic E-state index is 0. The van der Waals surface area contributed by atoms with Crippen molar-refractivity contribution < 1.29 is 13.5 Å². The van der Waals surface area contributed by atoms with Crippen LogP contribution in [0.25, 0.3) is 0 Å². The second kappa shape index (κ2) is 6.11. The molecule has 0 saturated carbocycles. The Bertz CT molecular complexity index is 553. The Balaban J connectivity index is 0.00000324. The lowest BCUT2D eigenvalue weighted by Gasteiger charge is -2.25. The molecule has 19 heavy (non-hydrogen) atoms. The van der Waals surface area contributed by atoms with E-state index < -0.39 is 9.84 Å². The molecule has 1 rings (SSSR count). The van der Waals surface area contributed by atoms with E-state index in [1.165, 1.54) is 0 Å². The van der Waals surface area contributed by atoms with Crippen LogP contribution in [0.1, 0.15) is 38.3 Å². The smallest absolute Gasteiger partial charge is 0.179 e. The van der Waals surface area contributed by atoms with Crippen molar-refractivity contribution in [1.82, 2.24) is 0 Å². The van der Waals surface area contributed by atoms with Gasteiger partial charge in [-0.3, -0.25) is 0 Å². The number of nitrogens with two attached hydrogens (primary N) is 1. The highest BCUT2D eigenvalue weighted by molar-refractivity contribution is 7.90. The predicted molar refractivity (Wildman–Crippen MR) is 79.7 cm³/mol. The maximum atomic E-state index is 11.7. The third kappa shape index (κ3) is 3.84. The van der Waals surface area contributed by atoms with Gasteiger partial charge in [0.25, 0.3) is 0 Å². The van der Waals surface area contributed by atoms with Crippen LogP contribution in [0.2, 0.25) is 0 Å². The molecule has 4 nitrogen and oxygen atoms in total. The van der Waals surface area contributed by atoms with Gasteiger partial charge in [0.05, 0.1) is 0 Å². The summed E-state index contributed by atoms with van der Waals surface area (Å²) in [6.07, 6.45) is 1.95. The first-order valence-electron chi connectivity index (χ1n) is 5.90. The molecule has 0 unspecified atom stereocenters. The highest BCUT2D eigenvalue weighted by atomic mass is 35.5. The molecule has 0 aliphatic carbocycles. The zero-order chi connectivity index (χ0) is 14.1. The predicted octanol–water partition coefficient (Wildman–Crippen LogP) is 2.36. The summed E-state index contributed by atoms with van der Waals surface area (Å²) < 4.78 is 23.4. The van der Waals surface area contributed by atoms with E-state index in [9.17, 15) is 13.5 Å². The van der Waals surface area contributed by atoms with Crippen molar-refractivity contribution in [1.29, 1.82) is 0 Å². The molecule has 0 aromatic heterocycles. The van der Waals surface area contributed by atoms with Crippen LogP contribution in [-0.2, 0) is 21.8 Å². The SMILES string of the molecule is CCC(C)(C)c1cc(CN)c(O)c(S(C)(=O)=O)c1.Cl. The number of rotatable bonds is 4. The topological polar surface area (TPSA) is 80.4 Å². The van der Waals surface area contributed by atoms with Crippen molar-refractivity contribution in [2.24, 2.45) is 5.73 Å². The molecule has 0 atom stereocenters. The number of hydrogen-bond donors (Lipinski definition) is 2. The van der Waals surface area contributed by atoms with Gasteiger partial charge in [-0.1, -0.05) is 26.8 Å². The maximum absolute atomic E-state index is 11.7. The van der Waals surface area contributed by atoms with Gasteiger partial charge >= 0.3 is 0 Å². The lowest BCUT2D eigenvalue weighted by molar-refractivity contribution is 0.447. The molecule has 0 spiro atoms. The van der Waals surface area contributed by atoms with Crippen LogP contribution in [0.15, 0.2) is 17.0 Å². The molecule has 1 aromatic carbocycles. The molecular weight excluding hydrogens is 286 g/mol. The van der Waals surface area contributed by atoms with Crippen LogP contribution in [-0.4, -0.2) is 19.8 Å². The fourth-order valence-corrected chi connectivity index (χ4v) is 2.52. The number of benzene rings is 1. The normalized spacial score (nSPS) is 12.1. The molecule has 0 radical (unpaired) electrons. The van der Waals surface area contributed by atoms with E-state index in [-0.39, 0.29) is 35.0 Å². The zero-order valence-corrected chi connectivity index (χ0v) is 13.4. The first-order valence-corrected chi connectivity index (χ1v) is 7.79. The number of phenolic OH excluding ortho intramolecular Hbond substituents is 1. The number of phenols is 1. The van der Waals surface area contributed by atoms with Gasteiger partial charge in [-0.25, -0.2) is 8.42 Å². The van der Waals surface area contributed by atoms with Gasteiger partial charge in [-0.15, -0.1) is 12.4 Å². The van der Waals surface area contributed by atoms with E-state index in [0.29, 0.717) is 5.56 Å². The van der Waals surface area contributed by atoms with Crippen LogP contribution in [0.4, 0.5) is 0 Å². The number of hydrogen-bond acceptors (Lipinski definition) is 4. The molecular formula is C13H22ClNO3S. The quantitative estimate of drug-likeness (QED) is 0.895. The molecule has 0 aliphatic rings. The van der Waals surface area contributed by atoms with Crippen LogP contribution >= 0.6 is 12.4 Å². The first kappa shape index (κ1) is 18.2. The van der Waals surface area contributed by atoms with Crippen LogP contribution < -0.4 is 5.73 Å². The van der Waals surface area contributed by atoms with Gasteiger partial charge in [0.2, 0.25) is 0 Å². The molecule has 1 aromatic rings. The van der Waals surface area contributed by atoms with E-state index in [4.69, 9.17) is 5.73 Å². The molecule has 0 fully saturated rings. The fourth-order valence-electron chi connectivity index (χ4n) is 1.70. The summed E-state index contributed by atoms with van der Waals surface area (Å²) in [6.45, 7) is 6.22. The highest BCUT2D eigenvalue weighted by Gasteiger charge is 2.24. The summed E-state index contributed by atoms with van der Waals surface area (Å²) in [5.74, 6) is -0.226. The second-order valence-corrected chi connectivity index (χ2v) is 7.18. The Hall–Kier alpha value is -0.780. The van der Waals surface area contributed by atoms with Gasteiger partial charge in [0.15, 0.2) is 9.84 Å². The van der Waals surface area contributed by atoms with E-state index in [1.807, 2.05) is 20.8 Å². The second-order valence-electron chi connectivity index (χ2n) is 5.20. The van der Waals surface area contributed by atoms with Gasteiger partial charge < -0.3 is 10.8 Å². The first-order chi connectivity index (χ1) is 8.13. The Kier molecular flexibility index (Phi) is 5.86. The van der Waals surface area contributed by atoms with E-state index >= 15 is 0 Å². The number of halogens is 1. The standard InChI is InChI=1S/C13H21NO3S.ClH/c1-5-13(2,3)10-6-9(8-14)12(15)11(7-10)18(4,16)17;/h6-7,15H,5,8,14H2,1-4H3;1H. The van der Waals surface area contributed by atoms with Crippen LogP contribution in [0, 0.1) is 0 Å². The summed E-state index contributed by atoms with van der Waals surface area (Å²) in [5.41, 5.74) is 6.75. The fraction of sp³-hybridized carbons (Fsp3) is 0.538. The summed E-state index contributed by atoms with van der Waals surface area (Å²) >= 11 is 0.